The second kappa shape index (κ2) is 17.8. The fourth-order valence-corrected chi connectivity index (χ4v) is 2.93. The van der Waals surface area contributed by atoms with Crippen molar-refractivity contribution >= 4 is 51.9 Å². The van der Waals surface area contributed by atoms with Gasteiger partial charge >= 0.3 is 16.9 Å². The maximum atomic E-state index is 10.7. The van der Waals surface area contributed by atoms with Crippen LogP contribution in [0.5, 0.6) is 11.8 Å². The van der Waals surface area contributed by atoms with E-state index < -0.39 is 21.1 Å². The third-order valence-electron chi connectivity index (χ3n) is 4.44. The third-order valence-corrected chi connectivity index (χ3v) is 5.07. The smallest absolute Gasteiger partial charge is 0.335 e. The van der Waals surface area contributed by atoms with Crippen LogP contribution >= 0.6 is 34.8 Å². The highest BCUT2D eigenvalue weighted by Gasteiger charge is 2.17. The van der Waals surface area contributed by atoms with Crippen LogP contribution in [0.25, 0.3) is 0 Å². The molecule has 0 radical (unpaired) electrons. The van der Waals surface area contributed by atoms with Crippen LogP contribution in [-0.2, 0) is 0 Å². The van der Waals surface area contributed by atoms with E-state index in [2.05, 4.69) is 15.0 Å². The van der Waals surface area contributed by atoms with Gasteiger partial charge in [-0.05, 0) is 34.3 Å². The standard InChI is InChI=1S/C9H12ClN3O3.C9H14ClN3O.C5H3ClN2O3/c1-12(2)3-4-16-9-8(13(14)15)5-7(10)6-11-9;1-13(2)3-4-14-9-8(11)5-7(10)6-12-9;6-3-1-4(8(10)11)5(9)7-2-3/h5-6H,3-4H2,1-2H3;5-6H,3-4,11H2,1-2H3;1-2H,(H,7,9). The molecule has 0 aromatic carbocycles. The molecule has 15 nitrogen and oxygen atoms in total. The first-order valence-corrected chi connectivity index (χ1v) is 12.6. The Bertz CT molecular complexity index is 1360. The largest absolute Gasteiger partial charge is 0.475 e. The lowest BCUT2D eigenvalue weighted by Gasteiger charge is -2.11. The van der Waals surface area contributed by atoms with Crippen molar-refractivity contribution in [3.8, 4) is 11.8 Å². The summed E-state index contributed by atoms with van der Waals surface area (Å²) in [6.45, 7) is 2.37. The van der Waals surface area contributed by atoms with Crippen LogP contribution in [-0.4, -0.2) is 89.1 Å². The van der Waals surface area contributed by atoms with Crippen LogP contribution in [0.1, 0.15) is 0 Å². The lowest BCUT2D eigenvalue weighted by atomic mass is 10.4. The number of ether oxygens (including phenoxy) is 2. The van der Waals surface area contributed by atoms with Crippen LogP contribution in [0.15, 0.2) is 41.6 Å². The molecule has 0 spiro atoms. The molecule has 18 heteroatoms. The summed E-state index contributed by atoms with van der Waals surface area (Å²) >= 11 is 16.7. The number of nitrogens with one attached hydrogen (secondary N) is 1. The van der Waals surface area contributed by atoms with Crippen molar-refractivity contribution in [1.82, 2.24) is 24.8 Å². The zero-order valence-corrected chi connectivity index (χ0v) is 24.8. The average Bonchev–Trinajstić information content (AvgIpc) is 2.88. The molecule has 3 rings (SSSR count). The van der Waals surface area contributed by atoms with Gasteiger partial charge in [0, 0.05) is 37.6 Å². The summed E-state index contributed by atoms with van der Waals surface area (Å²) in [6, 6.07) is 3.85. The number of rotatable bonds is 10. The van der Waals surface area contributed by atoms with Gasteiger partial charge in [0.1, 0.15) is 13.2 Å². The lowest BCUT2D eigenvalue weighted by Crippen LogP contribution is -2.20. The van der Waals surface area contributed by atoms with Gasteiger partial charge in [-0.25, -0.2) is 9.97 Å². The second-order valence-corrected chi connectivity index (χ2v) is 9.68. The van der Waals surface area contributed by atoms with Gasteiger partial charge in [-0.15, -0.1) is 0 Å². The fraction of sp³-hybridized carbons (Fsp3) is 0.348. The first-order valence-electron chi connectivity index (χ1n) is 11.5. The third kappa shape index (κ3) is 13.9. The Morgan fingerprint density at radius 1 is 0.829 bits per heavy atom. The monoisotopic (exact) mass is 634 g/mol. The van der Waals surface area contributed by atoms with Crippen LogP contribution in [0, 0.1) is 20.2 Å². The molecule has 0 atom stereocenters. The van der Waals surface area contributed by atoms with Crippen molar-refractivity contribution < 1.29 is 19.3 Å². The molecule has 0 saturated carbocycles. The average molecular weight is 636 g/mol. The Hall–Kier alpha value is -3.76. The molecule has 224 valence electrons. The molecule has 0 amide bonds. The molecule has 3 aromatic heterocycles. The molecule has 3 aromatic rings. The van der Waals surface area contributed by atoms with E-state index in [1.807, 2.05) is 38.0 Å². The predicted octanol–water partition coefficient (Wildman–Crippen LogP) is 3.78. The first-order chi connectivity index (χ1) is 19.2. The second-order valence-electron chi connectivity index (χ2n) is 8.38. The number of nitrogens with zero attached hydrogens (tertiary/aromatic N) is 6. The molecule has 3 heterocycles. The minimum Gasteiger partial charge on any atom is -0.475 e. The van der Waals surface area contributed by atoms with Crippen LogP contribution in [0.3, 0.4) is 0 Å². The highest BCUT2D eigenvalue weighted by Crippen LogP contribution is 2.27. The maximum absolute atomic E-state index is 10.7. The molecule has 41 heavy (non-hydrogen) atoms. The zero-order chi connectivity index (χ0) is 31.1. The molecule has 0 aliphatic rings. The Labute approximate surface area is 250 Å². The van der Waals surface area contributed by atoms with E-state index in [0.29, 0.717) is 36.3 Å². The Morgan fingerprint density at radius 2 is 1.29 bits per heavy atom. The van der Waals surface area contributed by atoms with Crippen molar-refractivity contribution in [2.24, 2.45) is 0 Å². The summed E-state index contributed by atoms with van der Waals surface area (Å²) < 4.78 is 10.6. The fourth-order valence-electron chi connectivity index (χ4n) is 2.45. The molecule has 0 aliphatic heterocycles. The first kappa shape index (κ1) is 35.3. The highest BCUT2D eigenvalue weighted by molar-refractivity contribution is 6.31. The molecule has 3 N–H and O–H groups in total. The number of nitrogen functional groups attached to an aromatic ring is 1. The molecule has 0 saturated heterocycles. The molecule has 0 bridgehead atoms. The van der Waals surface area contributed by atoms with Crippen LogP contribution in [0.2, 0.25) is 15.1 Å². The molecule has 0 fully saturated rings. The van der Waals surface area contributed by atoms with Crippen LogP contribution < -0.4 is 20.8 Å². The van der Waals surface area contributed by atoms with E-state index in [-0.39, 0.29) is 21.6 Å². The van der Waals surface area contributed by atoms with Gasteiger partial charge in [-0.2, -0.15) is 0 Å². The van der Waals surface area contributed by atoms with Crippen molar-refractivity contribution in [2.75, 3.05) is 60.2 Å². The quantitative estimate of drug-likeness (QED) is 0.242. The van der Waals surface area contributed by atoms with Gasteiger partial charge in [0.25, 0.3) is 5.88 Å². The Morgan fingerprint density at radius 3 is 1.76 bits per heavy atom. The van der Waals surface area contributed by atoms with Crippen molar-refractivity contribution in [3.05, 3.63) is 82.4 Å². The van der Waals surface area contributed by atoms with Gasteiger partial charge in [-0.3, -0.25) is 25.0 Å². The number of halogens is 3. The number of aromatic amines is 1. The maximum Gasteiger partial charge on any atom is 0.335 e. The SMILES string of the molecule is CN(C)CCOc1ncc(Cl)cc1N.CN(C)CCOc1ncc(Cl)cc1[N+](=O)[O-].O=c1[nH]cc(Cl)cc1[N+](=O)[O-]. The molecular weight excluding hydrogens is 607 g/mol. The topological polar surface area (TPSA) is 196 Å². The van der Waals surface area contributed by atoms with E-state index >= 15 is 0 Å². The summed E-state index contributed by atoms with van der Waals surface area (Å²) in [5, 5.41) is 21.7. The van der Waals surface area contributed by atoms with E-state index in [9.17, 15) is 25.0 Å². The minimum atomic E-state index is -0.787. The van der Waals surface area contributed by atoms with Crippen molar-refractivity contribution in [3.63, 3.8) is 0 Å². The summed E-state index contributed by atoms with van der Waals surface area (Å²) in [5.74, 6) is 0.438. The number of nitro groups is 2. The van der Waals surface area contributed by atoms with Gasteiger partial charge < -0.3 is 30.0 Å². The summed E-state index contributed by atoms with van der Waals surface area (Å²) in [5.41, 5.74) is 4.61. The zero-order valence-electron chi connectivity index (χ0n) is 22.5. The normalized spacial score (nSPS) is 10.3. The van der Waals surface area contributed by atoms with E-state index in [1.54, 1.807) is 6.07 Å². The lowest BCUT2D eigenvalue weighted by molar-refractivity contribution is -0.386. The minimum absolute atomic E-state index is 0.00347. The molecule has 0 unspecified atom stereocenters. The van der Waals surface area contributed by atoms with E-state index in [1.165, 1.54) is 24.7 Å². The van der Waals surface area contributed by atoms with E-state index in [0.717, 1.165) is 12.6 Å². The number of H-pyrrole nitrogens is 1. The number of likely N-dealkylation sites (N-methyl/N-ethyl adjacent to an activating group) is 2. The number of pyridine rings is 3. The molecular formula is C23H29Cl3N8O7. The number of hydrogen-bond acceptors (Lipinski definition) is 12. The number of nitrogens with two attached hydrogens (primary N) is 1. The summed E-state index contributed by atoms with van der Waals surface area (Å²) in [6.07, 6.45) is 4.03. The van der Waals surface area contributed by atoms with E-state index in [4.69, 9.17) is 50.0 Å². The van der Waals surface area contributed by atoms with Crippen molar-refractivity contribution in [2.45, 2.75) is 0 Å². The predicted molar refractivity (Wildman–Crippen MR) is 156 cm³/mol. The summed E-state index contributed by atoms with van der Waals surface area (Å²) in [4.78, 5) is 43.9. The van der Waals surface area contributed by atoms with Gasteiger partial charge in [0.15, 0.2) is 0 Å². The number of anilines is 1. The van der Waals surface area contributed by atoms with Gasteiger partial charge in [0.05, 0.1) is 36.8 Å². The Kier molecular flexibility index (Phi) is 15.3. The van der Waals surface area contributed by atoms with Gasteiger partial charge in [0.2, 0.25) is 5.88 Å². The van der Waals surface area contributed by atoms with Crippen molar-refractivity contribution in [1.29, 1.82) is 0 Å². The Balaban J connectivity index is 0.000000313. The van der Waals surface area contributed by atoms with Crippen LogP contribution in [0.4, 0.5) is 17.1 Å². The number of hydrogen-bond donors (Lipinski definition) is 2. The number of aromatic nitrogens is 3. The summed E-state index contributed by atoms with van der Waals surface area (Å²) in [7, 11) is 7.71. The van der Waals surface area contributed by atoms with Gasteiger partial charge in [-0.1, -0.05) is 34.8 Å². The highest BCUT2D eigenvalue weighted by atomic mass is 35.5. The molecule has 0 aliphatic carbocycles.